The van der Waals surface area contributed by atoms with Crippen LogP contribution in [0.1, 0.15) is 9.67 Å². The van der Waals surface area contributed by atoms with Gasteiger partial charge in [0.1, 0.15) is 0 Å². The molecule has 2 aromatic carbocycles. The van der Waals surface area contributed by atoms with Crippen LogP contribution in [0.5, 0.6) is 0 Å². The predicted molar refractivity (Wildman–Crippen MR) is 107 cm³/mol. The first-order valence-electron chi connectivity index (χ1n) is 7.36. The van der Waals surface area contributed by atoms with E-state index in [1.54, 1.807) is 0 Å². The molecule has 0 N–H and O–H groups in total. The Hall–Kier alpha value is -1.75. The Bertz CT molecular complexity index is 868. The zero-order valence-electron chi connectivity index (χ0n) is 13.3. The van der Waals surface area contributed by atoms with Gasteiger partial charge in [-0.25, -0.2) is 0 Å². The molecule has 0 radical (unpaired) electrons. The lowest BCUT2D eigenvalue weighted by Crippen LogP contribution is -2.10. The van der Waals surface area contributed by atoms with E-state index in [0.717, 1.165) is 43.3 Å². The van der Waals surface area contributed by atoms with Gasteiger partial charge in [-0.1, -0.05) is 35.9 Å². The molecule has 0 aliphatic rings. The lowest BCUT2D eigenvalue weighted by molar-refractivity contribution is 0.112. The Morgan fingerprint density at radius 2 is 1.58 bits per heavy atom. The van der Waals surface area contributed by atoms with Crippen LogP contribution < -0.4 is 4.90 Å². The van der Waals surface area contributed by atoms with Gasteiger partial charge in [0, 0.05) is 29.6 Å². The molecule has 5 heteroatoms. The van der Waals surface area contributed by atoms with Crippen molar-refractivity contribution in [1.29, 1.82) is 0 Å². The highest BCUT2D eigenvalue weighted by atomic mass is 35.5. The molecule has 0 spiro atoms. The minimum Gasteiger partial charge on any atom is -0.376 e. The highest BCUT2D eigenvalue weighted by molar-refractivity contribution is 7.80. The second-order valence-electron chi connectivity index (χ2n) is 5.59. The molecule has 0 bridgehead atoms. The van der Waals surface area contributed by atoms with E-state index in [1.165, 1.54) is 11.3 Å². The number of hydrogen-bond acceptors (Lipinski definition) is 4. The SMILES string of the molecule is CN(C)c1c(-c2ccc(Cl)cc2)sc(C=O)c1-c1ccc(S)cc1. The van der Waals surface area contributed by atoms with Gasteiger partial charge in [-0.05, 0) is 35.4 Å². The first kappa shape index (κ1) is 17.1. The van der Waals surface area contributed by atoms with Gasteiger partial charge < -0.3 is 4.90 Å². The van der Waals surface area contributed by atoms with Crippen molar-refractivity contribution < 1.29 is 4.79 Å². The van der Waals surface area contributed by atoms with E-state index in [4.69, 9.17) is 11.6 Å². The Morgan fingerprint density at radius 1 is 1.00 bits per heavy atom. The second-order valence-corrected chi connectivity index (χ2v) is 7.59. The molecule has 2 nitrogen and oxygen atoms in total. The standard InChI is InChI=1S/C19H16ClNOS2/c1-21(2)18-17(12-5-9-15(23)10-6-12)16(11-22)24-19(18)13-3-7-14(20)8-4-13/h3-11,23H,1-2H3. The topological polar surface area (TPSA) is 20.3 Å². The molecule has 24 heavy (non-hydrogen) atoms. The highest BCUT2D eigenvalue weighted by Gasteiger charge is 2.21. The van der Waals surface area contributed by atoms with Crippen molar-refractivity contribution in [1.82, 2.24) is 0 Å². The molecular formula is C19H16ClNOS2. The smallest absolute Gasteiger partial charge is 0.160 e. The lowest BCUT2D eigenvalue weighted by atomic mass is 10.0. The maximum atomic E-state index is 11.7. The van der Waals surface area contributed by atoms with E-state index in [2.05, 4.69) is 17.5 Å². The summed E-state index contributed by atoms with van der Waals surface area (Å²) in [6.45, 7) is 0. The van der Waals surface area contributed by atoms with E-state index >= 15 is 0 Å². The third-order valence-electron chi connectivity index (χ3n) is 3.73. The maximum absolute atomic E-state index is 11.7. The Kier molecular flexibility index (Phi) is 4.99. The van der Waals surface area contributed by atoms with Crippen molar-refractivity contribution in [3.8, 4) is 21.6 Å². The lowest BCUT2D eigenvalue weighted by Gasteiger charge is -2.17. The Balaban J connectivity index is 2.26. The number of nitrogens with zero attached hydrogens (tertiary/aromatic N) is 1. The highest BCUT2D eigenvalue weighted by Crippen LogP contribution is 2.47. The fourth-order valence-corrected chi connectivity index (χ4v) is 4.15. The van der Waals surface area contributed by atoms with Crippen LogP contribution in [0.3, 0.4) is 0 Å². The van der Waals surface area contributed by atoms with Crippen LogP contribution in [0.25, 0.3) is 21.6 Å². The minimum atomic E-state index is 0.696. The van der Waals surface area contributed by atoms with Crippen LogP contribution in [0, 0.1) is 0 Å². The number of thiol groups is 1. The Morgan fingerprint density at radius 3 is 2.12 bits per heavy atom. The number of rotatable bonds is 4. The van der Waals surface area contributed by atoms with Crippen LogP contribution in [0.4, 0.5) is 5.69 Å². The minimum absolute atomic E-state index is 0.696. The number of aldehydes is 1. The summed E-state index contributed by atoms with van der Waals surface area (Å²) in [5.74, 6) is 0. The summed E-state index contributed by atoms with van der Waals surface area (Å²) in [7, 11) is 3.99. The number of anilines is 1. The van der Waals surface area contributed by atoms with E-state index in [9.17, 15) is 4.79 Å². The van der Waals surface area contributed by atoms with Gasteiger partial charge in [0.05, 0.1) is 15.4 Å². The van der Waals surface area contributed by atoms with Gasteiger partial charge in [0.2, 0.25) is 0 Å². The molecular weight excluding hydrogens is 358 g/mol. The summed E-state index contributed by atoms with van der Waals surface area (Å²) in [6, 6.07) is 15.6. The summed E-state index contributed by atoms with van der Waals surface area (Å²) < 4.78 is 0. The third-order valence-corrected chi connectivity index (χ3v) is 5.43. The van der Waals surface area contributed by atoms with Crippen LogP contribution in [0.15, 0.2) is 53.4 Å². The van der Waals surface area contributed by atoms with Crippen LogP contribution >= 0.6 is 35.6 Å². The molecule has 3 rings (SSSR count). The van der Waals surface area contributed by atoms with Gasteiger partial charge in [-0.2, -0.15) is 0 Å². The fourth-order valence-electron chi connectivity index (χ4n) is 2.65. The van der Waals surface area contributed by atoms with Crippen molar-refractivity contribution in [3.63, 3.8) is 0 Å². The number of carbonyl (C=O) groups is 1. The largest absolute Gasteiger partial charge is 0.376 e. The Labute approximate surface area is 156 Å². The summed E-state index contributed by atoms with van der Waals surface area (Å²) >= 11 is 11.8. The molecule has 0 unspecified atom stereocenters. The van der Waals surface area contributed by atoms with Gasteiger partial charge >= 0.3 is 0 Å². The van der Waals surface area contributed by atoms with Crippen LogP contribution in [-0.2, 0) is 0 Å². The molecule has 1 heterocycles. The predicted octanol–water partition coefficient (Wildman–Crippen LogP) is 5.90. The van der Waals surface area contributed by atoms with Gasteiger partial charge in [0.25, 0.3) is 0 Å². The molecule has 0 saturated heterocycles. The van der Waals surface area contributed by atoms with Crippen molar-refractivity contribution in [2.45, 2.75) is 4.90 Å². The number of benzene rings is 2. The summed E-state index contributed by atoms with van der Waals surface area (Å²) in [5, 5.41) is 0.696. The van der Waals surface area contributed by atoms with E-state index < -0.39 is 0 Å². The molecule has 0 atom stereocenters. The maximum Gasteiger partial charge on any atom is 0.160 e. The van der Waals surface area contributed by atoms with Gasteiger partial charge in [-0.3, -0.25) is 4.79 Å². The fraction of sp³-hybridized carbons (Fsp3) is 0.105. The van der Waals surface area contributed by atoms with Gasteiger partial charge in [-0.15, -0.1) is 24.0 Å². The molecule has 0 fully saturated rings. The number of halogens is 1. The first-order valence-corrected chi connectivity index (χ1v) is 9.00. The molecule has 3 aromatic rings. The van der Waals surface area contributed by atoms with Crippen molar-refractivity contribution in [2.75, 3.05) is 19.0 Å². The van der Waals surface area contributed by atoms with Crippen molar-refractivity contribution in [2.24, 2.45) is 0 Å². The van der Waals surface area contributed by atoms with E-state index in [1.807, 2.05) is 62.6 Å². The number of hydrogen-bond donors (Lipinski definition) is 1. The summed E-state index contributed by atoms with van der Waals surface area (Å²) in [4.78, 5) is 16.4. The zero-order chi connectivity index (χ0) is 17.3. The van der Waals surface area contributed by atoms with Gasteiger partial charge in [0.15, 0.2) is 6.29 Å². The van der Waals surface area contributed by atoms with Crippen molar-refractivity contribution >= 4 is 47.5 Å². The second kappa shape index (κ2) is 7.01. The quantitative estimate of drug-likeness (QED) is 0.453. The normalized spacial score (nSPS) is 10.7. The summed E-state index contributed by atoms with van der Waals surface area (Å²) in [6.07, 6.45) is 0.932. The molecule has 0 aliphatic heterocycles. The third kappa shape index (κ3) is 3.22. The van der Waals surface area contributed by atoms with E-state index in [0.29, 0.717) is 5.02 Å². The van der Waals surface area contributed by atoms with Crippen LogP contribution in [0.2, 0.25) is 5.02 Å². The average Bonchev–Trinajstić information content (AvgIpc) is 2.96. The number of carbonyl (C=O) groups excluding carboxylic acids is 1. The molecule has 1 aromatic heterocycles. The molecule has 0 aliphatic carbocycles. The summed E-state index contributed by atoms with van der Waals surface area (Å²) in [5.41, 5.74) is 4.05. The monoisotopic (exact) mass is 373 g/mol. The number of thiophene rings is 1. The first-order chi connectivity index (χ1) is 11.5. The van der Waals surface area contributed by atoms with Crippen LogP contribution in [-0.4, -0.2) is 20.4 Å². The molecule has 0 saturated carbocycles. The molecule has 122 valence electrons. The van der Waals surface area contributed by atoms with Crippen molar-refractivity contribution in [3.05, 3.63) is 58.4 Å². The zero-order valence-corrected chi connectivity index (χ0v) is 15.8. The average molecular weight is 374 g/mol. The molecule has 0 amide bonds. The van der Waals surface area contributed by atoms with E-state index in [-0.39, 0.29) is 0 Å².